The number of hydrogen-bond acceptors (Lipinski definition) is 4. The highest BCUT2D eigenvalue weighted by Gasteiger charge is 2.10. The monoisotopic (exact) mass is 187 g/mol. The molecule has 1 rings (SSSR count). The molecule has 0 radical (unpaired) electrons. The standard InChI is InChI=1S/C6H6ClN3O2/c1-12-3-2-9-4(6(8)11)5(7)10-3/h2H,1H3,(H2,8,11). The van der Waals surface area contributed by atoms with Gasteiger partial charge in [0.25, 0.3) is 5.91 Å². The predicted octanol–water partition coefficient (Wildman–Crippen LogP) is 0.237. The molecular formula is C6H6ClN3O2. The summed E-state index contributed by atoms with van der Waals surface area (Å²) in [6, 6.07) is 0. The summed E-state index contributed by atoms with van der Waals surface area (Å²) in [6.45, 7) is 0. The molecule has 1 aromatic heterocycles. The van der Waals surface area contributed by atoms with Crippen LogP contribution in [0.1, 0.15) is 10.5 Å². The Morgan fingerprint density at radius 1 is 1.75 bits per heavy atom. The molecule has 0 unspecified atom stereocenters. The van der Waals surface area contributed by atoms with E-state index < -0.39 is 5.91 Å². The van der Waals surface area contributed by atoms with E-state index in [1.54, 1.807) is 0 Å². The van der Waals surface area contributed by atoms with Crippen molar-refractivity contribution in [2.45, 2.75) is 0 Å². The molecule has 2 N–H and O–H groups in total. The van der Waals surface area contributed by atoms with Gasteiger partial charge in [-0.25, -0.2) is 4.98 Å². The number of carbonyl (C=O) groups is 1. The number of nitrogens with zero attached hydrogens (tertiary/aromatic N) is 2. The highest BCUT2D eigenvalue weighted by molar-refractivity contribution is 6.32. The number of methoxy groups -OCH3 is 1. The minimum atomic E-state index is -0.713. The molecule has 0 aliphatic carbocycles. The quantitative estimate of drug-likeness (QED) is 0.719. The van der Waals surface area contributed by atoms with Gasteiger partial charge in [-0.05, 0) is 0 Å². The molecule has 0 spiro atoms. The fourth-order valence-corrected chi connectivity index (χ4v) is 0.840. The second-order valence-electron chi connectivity index (χ2n) is 1.92. The van der Waals surface area contributed by atoms with Crippen molar-refractivity contribution in [3.63, 3.8) is 0 Å². The van der Waals surface area contributed by atoms with Crippen LogP contribution in [0.25, 0.3) is 0 Å². The van der Waals surface area contributed by atoms with Gasteiger partial charge in [0.2, 0.25) is 5.88 Å². The highest BCUT2D eigenvalue weighted by Crippen LogP contribution is 2.13. The number of primary amides is 1. The maximum Gasteiger partial charge on any atom is 0.270 e. The van der Waals surface area contributed by atoms with Gasteiger partial charge < -0.3 is 10.5 Å². The lowest BCUT2D eigenvalue weighted by Crippen LogP contribution is -2.14. The Kier molecular flexibility index (Phi) is 2.44. The fraction of sp³-hybridized carbons (Fsp3) is 0.167. The number of carbonyl (C=O) groups excluding carboxylic acids is 1. The van der Waals surface area contributed by atoms with E-state index >= 15 is 0 Å². The minimum Gasteiger partial charge on any atom is -0.480 e. The number of nitrogens with two attached hydrogens (primary N) is 1. The van der Waals surface area contributed by atoms with E-state index in [0.29, 0.717) is 0 Å². The molecule has 0 aliphatic rings. The third-order valence-corrected chi connectivity index (χ3v) is 1.41. The van der Waals surface area contributed by atoms with Crippen molar-refractivity contribution in [2.75, 3.05) is 7.11 Å². The molecule has 6 heteroatoms. The van der Waals surface area contributed by atoms with Crippen LogP contribution >= 0.6 is 11.6 Å². The predicted molar refractivity (Wildman–Crippen MR) is 42.1 cm³/mol. The molecule has 1 amide bonds. The van der Waals surface area contributed by atoms with Crippen molar-refractivity contribution >= 4 is 17.5 Å². The molecular weight excluding hydrogens is 182 g/mol. The third kappa shape index (κ3) is 1.62. The zero-order chi connectivity index (χ0) is 9.14. The van der Waals surface area contributed by atoms with Crippen LogP contribution in [0.2, 0.25) is 5.15 Å². The number of halogens is 1. The van der Waals surface area contributed by atoms with Gasteiger partial charge >= 0.3 is 0 Å². The van der Waals surface area contributed by atoms with E-state index in [1.807, 2.05) is 0 Å². The summed E-state index contributed by atoms with van der Waals surface area (Å²) in [6.07, 6.45) is 1.27. The Morgan fingerprint density at radius 3 is 2.83 bits per heavy atom. The van der Waals surface area contributed by atoms with Gasteiger partial charge in [-0.3, -0.25) is 4.79 Å². The lowest BCUT2D eigenvalue weighted by Gasteiger charge is -2.00. The molecule has 5 nitrogen and oxygen atoms in total. The van der Waals surface area contributed by atoms with Crippen LogP contribution in [0.4, 0.5) is 0 Å². The smallest absolute Gasteiger partial charge is 0.270 e. The van der Waals surface area contributed by atoms with E-state index in [4.69, 9.17) is 22.1 Å². The first-order valence-corrected chi connectivity index (χ1v) is 3.39. The molecule has 0 aliphatic heterocycles. The number of rotatable bonds is 2. The van der Waals surface area contributed by atoms with Gasteiger partial charge in [0.15, 0.2) is 10.8 Å². The van der Waals surface area contributed by atoms with Crippen molar-refractivity contribution in [1.82, 2.24) is 9.97 Å². The van der Waals surface area contributed by atoms with Gasteiger partial charge in [-0.2, -0.15) is 4.98 Å². The van der Waals surface area contributed by atoms with Crippen LogP contribution in [0.15, 0.2) is 6.20 Å². The van der Waals surface area contributed by atoms with Crippen molar-refractivity contribution < 1.29 is 9.53 Å². The topological polar surface area (TPSA) is 78.1 Å². The Bertz CT molecular complexity index is 316. The van der Waals surface area contributed by atoms with Crippen LogP contribution < -0.4 is 10.5 Å². The van der Waals surface area contributed by atoms with Gasteiger partial charge in [0.05, 0.1) is 13.3 Å². The average molecular weight is 188 g/mol. The van der Waals surface area contributed by atoms with E-state index in [2.05, 4.69) is 9.97 Å². The Hall–Kier alpha value is -1.36. The lowest BCUT2D eigenvalue weighted by atomic mass is 10.4. The fourth-order valence-electron chi connectivity index (χ4n) is 0.615. The second kappa shape index (κ2) is 3.36. The van der Waals surface area contributed by atoms with Crippen molar-refractivity contribution in [2.24, 2.45) is 5.73 Å². The Labute approximate surface area is 73.5 Å². The van der Waals surface area contributed by atoms with Crippen LogP contribution in [-0.4, -0.2) is 23.0 Å². The summed E-state index contributed by atoms with van der Waals surface area (Å²) in [5.41, 5.74) is 4.88. The normalized spacial score (nSPS) is 9.50. The highest BCUT2D eigenvalue weighted by atomic mass is 35.5. The Balaban J connectivity index is 3.12. The van der Waals surface area contributed by atoms with Gasteiger partial charge in [-0.1, -0.05) is 11.6 Å². The van der Waals surface area contributed by atoms with E-state index in [9.17, 15) is 4.79 Å². The zero-order valence-corrected chi connectivity index (χ0v) is 7.00. The van der Waals surface area contributed by atoms with Crippen LogP contribution in [0.3, 0.4) is 0 Å². The maximum atomic E-state index is 10.6. The van der Waals surface area contributed by atoms with Crippen molar-refractivity contribution in [3.8, 4) is 5.88 Å². The van der Waals surface area contributed by atoms with E-state index in [0.717, 1.165) is 0 Å². The summed E-state index contributed by atoms with van der Waals surface area (Å²) in [5, 5.41) is -0.0538. The van der Waals surface area contributed by atoms with E-state index in [1.165, 1.54) is 13.3 Å². The SMILES string of the molecule is COc1cnc(C(N)=O)c(Cl)n1. The Morgan fingerprint density at radius 2 is 2.42 bits per heavy atom. The lowest BCUT2D eigenvalue weighted by molar-refractivity contribution is 0.0995. The molecule has 12 heavy (non-hydrogen) atoms. The molecule has 64 valence electrons. The summed E-state index contributed by atoms with van der Waals surface area (Å²) in [5.74, 6) is -0.472. The molecule has 0 aromatic carbocycles. The van der Waals surface area contributed by atoms with Crippen LogP contribution in [0, 0.1) is 0 Å². The minimum absolute atomic E-state index is 0.0538. The summed E-state index contributed by atoms with van der Waals surface area (Å²) in [4.78, 5) is 18.0. The number of hydrogen-bond donors (Lipinski definition) is 1. The second-order valence-corrected chi connectivity index (χ2v) is 2.27. The summed E-state index contributed by atoms with van der Waals surface area (Å²) >= 11 is 5.55. The van der Waals surface area contributed by atoms with Gasteiger partial charge in [0.1, 0.15) is 0 Å². The van der Waals surface area contributed by atoms with Crippen molar-refractivity contribution in [1.29, 1.82) is 0 Å². The van der Waals surface area contributed by atoms with Gasteiger partial charge in [-0.15, -0.1) is 0 Å². The van der Waals surface area contributed by atoms with Crippen LogP contribution in [0.5, 0.6) is 5.88 Å². The van der Waals surface area contributed by atoms with Gasteiger partial charge in [0, 0.05) is 0 Å². The summed E-state index contributed by atoms with van der Waals surface area (Å²) < 4.78 is 4.72. The first-order valence-electron chi connectivity index (χ1n) is 3.01. The third-order valence-electron chi connectivity index (χ3n) is 1.15. The number of amides is 1. The van der Waals surface area contributed by atoms with Crippen molar-refractivity contribution in [3.05, 3.63) is 17.0 Å². The number of ether oxygens (including phenoxy) is 1. The van der Waals surface area contributed by atoms with Crippen LogP contribution in [-0.2, 0) is 0 Å². The first kappa shape index (κ1) is 8.73. The molecule has 0 saturated heterocycles. The number of aromatic nitrogens is 2. The molecule has 0 bridgehead atoms. The maximum absolute atomic E-state index is 10.6. The summed E-state index contributed by atoms with van der Waals surface area (Å²) in [7, 11) is 1.42. The zero-order valence-electron chi connectivity index (χ0n) is 6.24. The molecule has 0 saturated carbocycles. The molecule has 1 aromatic rings. The largest absolute Gasteiger partial charge is 0.480 e. The molecule has 0 fully saturated rings. The first-order chi connectivity index (χ1) is 5.65. The molecule has 1 heterocycles. The molecule has 0 atom stereocenters. The van der Waals surface area contributed by atoms with E-state index in [-0.39, 0.29) is 16.7 Å². The average Bonchev–Trinajstić information content (AvgIpc) is 2.03.